The van der Waals surface area contributed by atoms with E-state index in [0.29, 0.717) is 12.3 Å². The van der Waals surface area contributed by atoms with Crippen LogP contribution in [0.2, 0.25) is 0 Å². The van der Waals surface area contributed by atoms with Crippen LogP contribution in [0.15, 0.2) is 0 Å². The molecular formula is C7H14ClNO. The summed E-state index contributed by atoms with van der Waals surface area (Å²) in [5, 5.41) is 2.76. The Hall–Kier alpha value is -0.240. The van der Waals surface area contributed by atoms with E-state index in [2.05, 4.69) is 5.32 Å². The molecule has 0 rings (SSSR count). The molecule has 1 unspecified atom stereocenters. The molecule has 0 heterocycles. The number of hydrogen-bond donors (Lipinski definition) is 1. The second-order valence-corrected chi connectivity index (χ2v) is 2.68. The summed E-state index contributed by atoms with van der Waals surface area (Å²) in [4.78, 5) is 10.8. The molecule has 10 heavy (non-hydrogen) atoms. The van der Waals surface area contributed by atoms with Crippen LogP contribution in [0.4, 0.5) is 0 Å². The first-order valence-corrected chi connectivity index (χ1v) is 4.09. The van der Waals surface area contributed by atoms with Crippen molar-refractivity contribution in [3.63, 3.8) is 0 Å². The van der Waals surface area contributed by atoms with Crippen LogP contribution in [-0.4, -0.2) is 17.8 Å². The van der Waals surface area contributed by atoms with Crippen LogP contribution in [0.5, 0.6) is 0 Å². The Balaban J connectivity index is 3.37. The predicted molar refractivity (Wildman–Crippen MR) is 43.2 cm³/mol. The van der Waals surface area contributed by atoms with Crippen LogP contribution in [0, 0.1) is 0 Å². The molecule has 0 aliphatic rings. The zero-order valence-corrected chi connectivity index (χ0v) is 7.24. The van der Waals surface area contributed by atoms with Crippen molar-refractivity contribution in [1.29, 1.82) is 0 Å². The minimum Gasteiger partial charge on any atom is -0.352 e. The average Bonchev–Trinajstić information content (AvgIpc) is 1.88. The molecule has 0 fully saturated rings. The van der Waals surface area contributed by atoms with Crippen molar-refractivity contribution >= 4 is 17.5 Å². The summed E-state index contributed by atoms with van der Waals surface area (Å²) in [6.45, 7) is 3.87. The third-order valence-electron chi connectivity index (χ3n) is 1.12. The lowest BCUT2D eigenvalue weighted by molar-refractivity contribution is -0.121. The van der Waals surface area contributed by atoms with Crippen LogP contribution < -0.4 is 5.32 Å². The Kier molecular flexibility index (Phi) is 5.40. The van der Waals surface area contributed by atoms with Crippen LogP contribution >= 0.6 is 11.6 Å². The smallest absolute Gasteiger partial charge is 0.220 e. The average molecular weight is 164 g/mol. The number of halogens is 1. The van der Waals surface area contributed by atoms with Gasteiger partial charge in [-0.1, -0.05) is 6.92 Å². The fraction of sp³-hybridized carbons (Fsp3) is 0.857. The summed E-state index contributed by atoms with van der Waals surface area (Å²) >= 11 is 5.48. The van der Waals surface area contributed by atoms with E-state index >= 15 is 0 Å². The van der Waals surface area contributed by atoms with Gasteiger partial charge in [0.15, 0.2) is 0 Å². The SMILES string of the molecule is CCCC(=O)NC(C)CCl. The molecule has 1 amide bonds. The molecule has 0 bridgehead atoms. The van der Waals surface area contributed by atoms with Gasteiger partial charge in [-0.05, 0) is 13.3 Å². The summed E-state index contributed by atoms with van der Waals surface area (Å²) < 4.78 is 0. The van der Waals surface area contributed by atoms with E-state index in [1.165, 1.54) is 0 Å². The van der Waals surface area contributed by atoms with Gasteiger partial charge < -0.3 is 5.32 Å². The Morgan fingerprint density at radius 2 is 2.30 bits per heavy atom. The Morgan fingerprint density at radius 3 is 2.70 bits per heavy atom. The Labute approximate surface area is 66.9 Å². The molecule has 0 spiro atoms. The lowest BCUT2D eigenvalue weighted by atomic mass is 10.3. The van der Waals surface area contributed by atoms with E-state index in [-0.39, 0.29) is 11.9 Å². The quantitative estimate of drug-likeness (QED) is 0.626. The van der Waals surface area contributed by atoms with Crippen molar-refractivity contribution in [2.24, 2.45) is 0 Å². The van der Waals surface area contributed by atoms with Gasteiger partial charge in [-0.15, -0.1) is 11.6 Å². The van der Waals surface area contributed by atoms with E-state index in [1.54, 1.807) is 0 Å². The normalized spacial score (nSPS) is 12.7. The molecule has 0 saturated carbocycles. The number of carbonyl (C=O) groups excluding carboxylic acids is 1. The highest BCUT2D eigenvalue weighted by molar-refractivity contribution is 6.18. The van der Waals surface area contributed by atoms with Crippen molar-refractivity contribution in [1.82, 2.24) is 5.32 Å². The van der Waals surface area contributed by atoms with Crippen molar-refractivity contribution in [3.8, 4) is 0 Å². The van der Waals surface area contributed by atoms with Gasteiger partial charge in [0, 0.05) is 18.3 Å². The number of nitrogens with one attached hydrogen (secondary N) is 1. The molecule has 0 aromatic heterocycles. The summed E-state index contributed by atoms with van der Waals surface area (Å²) in [7, 11) is 0. The summed E-state index contributed by atoms with van der Waals surface area (Å²) in [6.07, 6.45) is 1.49. The molecule has 0 saturated heterocycles. The maximum atomic E-state index is 10.8. The van der Waals surface area contributed by atoms with Gasteiger partial charge in [0.05, 0.1) is 0 Å². The molecule has 3 heteroatoms. The van der Waals surface area contributed by atoms with Gasteiger partial charge in [-0.3, -0.25) is 4.79 Å². The van der Waals surface area contributed by atoms with Crippen molar-refractivity contribution in [2.75, 3.05) is 5.88 Å². The number of rotatable bonds is 4. The van der Waals surface area contributed by atoms with Crippen molar-refractivity contribution in [3.05, 3.63) is 0 Å². The lowest BCUT2D eigenvalue weighted by Gasteiger charge is -2.08. The molecule has 0 aromatic carbocycles. The van der Waals surface area contributed by atoms with E-state index in [9.17, 15) is 4.79 Å². The highest BCUT2D eigenvalue weighted by Gasteiger charge is 2.03. The molecule has 1 atom stereocenters. The van der Waals surface area contributed by atoms with E-state index in [0.717, 1.165) is 6.42 Å². The minimum atomic E-state index is 0.0932. The summed E-state index contributed by atoms with van der Waals surface area (Å²) in [6, 6.07) is 0.0979. The van der Waals surface area contributed by atoms with Gasteiger partial charge >= 0.3 is 0 Å². The molecular weight excluding hydrogens is 150 g/mol. The number of carbonyl (C=O) groups is 1. The van der Waals surface area contributed by atoms with Crippen LogP contribution in [-0.2, 0) is 4.79 Å². The van der Waals surface area contributed by atoms with Crippen LogP contribution in [0.1, 0.15) is 26.7 Å². The first-order chi connectivity index (χ1) is 4.70. The van der Waals surface area contributed by atoms with E-state index in [1.807, 2.05) is 13.8 Å². The van der Waals surface area contributed by atoms with Gasteiger partial charge in [-0.2, -0.15) is 0 Å². The van der Waals surface area contributed by atoms with Gasteiger partial charge in [-0.25, -0.2) is 0 Å². The van der Waals surface area contributed by atoms with Crippen LogP contribution in [0.3, 0.4) is 0 Å². The second kappa shape index (κ2) is 5.54. The standard InChI is InChI=1S/C7H14ClNO/c1-3-4-7(10)9-6(2)5-8/h6H,3-5H2,1-2H3,(H,9,10). The molecule has 0 radical (unpaired) electrons. The molecule has 2 nitrogen and oxygen atoms in total. The first-order valence-electron chi connectivity index (χ1n) is 3.56. The molecule has 60 valence electrons. The maximum absolute atomic E-state index is 10.8. The van der Waals surface area contributed by atoms with Crippen LogP contribution in [0.25, 0.3) is 0 Å². The lowest BCUT2D eigenvalue weighted by Crippen LogP contribution is -2.33. The zero-order valence-electron chi connectivity index (χ0n) is 6.48. The number of alkyl halides is 1. The number of hydrogen-bond acceptors (Lipinski definition) is 1. The third-order valence-corrected chi connectivity index (χ3v) is 1.58. The second-order valence-electron chi connectivity index (χ2n) is 2.37. The summed E-state index contributed by atoms with van der Waals surface area (Å²) in [5.41, 5.74) is 0. The molecule has 1 N–H and O–H groups in total. The fourth-order valence-corrected chi connectivity index (χ4v) is 0.690. The Bertz CT molecular complexity index is 106. The fourth-order valence-electron chi connectivity index (χ4n) is 0.613. The van der Waals surface area contributed by atoms with Crippen molar-refractivity contribution < 1.29 is 4.79 Å². The number of amides is 1. The monoisotopic (exact) mass is 163 g/mol. The maximum Gasteiger partial charge on any atom is 0.220 e. The molecule has 0 aromatic rings. The van der Waals surface area contributed by atoms with Gasteiger partial charge in [0.2, 0.25) is 5.91 Å². The van der Waals surface area contributed by atoms with Gasteiger partial charge in [0.25, 0.3) is 0 Å². The first kappa shape index (κ1) is 9.76. The highest BCUT2D eigenvalue weighted by Crippen LogP contribution is 1.90. The third kappa shape index (κ3) is 4.62. The Morgan fingerprint density at radius 1 is 1.70 bits per heavy atom. The van der Waals surface area contributed by atoms with E-state index < -0.39 is 0 Å². The largest absolute Gasteiger partial charge is 0.352 e. The van der Waals surface area contributed by atoms with E-state index in [4.69, 9.17) is 11.6 Å². The topological polar surface area (TPSA) is 29.1 Å². The molecule has 0 aliphatic heterocycles. The highest BCUT2D eigenvalue weighted by atomic mass is 35.5. The minimum absolute atomic E-state index is 0.0932. The predicted octanol–water partition coefficient (Wildman–Crippen LogP) is 1.53. The molecule has 0 aliphatic carbocycles. The van der Waals surface area contributed by atoms with Crippen molar-refractivity contribution in [2.45, 2.75) is 32.7 Å². The zero-order chi connectivity index (χ0) is 7.98. The van der Waals surface area contributed by atoms with Gasteiger partial charge in [0.1, 0.15) is 0 Å². The summed E-state index contributed by atoms with van der Waals surface area (Å²) in [5.74, 6) is 0.575.